The third-order valence-electron chi connectivity index (χ3n) is 2.75. The fourth-order valence-corrected chi connectivity index (χ4v) is 2.14. The van der Waals surface area contributed by atoms with Gasteiger partial charge in [-0.2, -0.15) is 11.8 Å². The maximum atomic E-state index is 5.81. The van der Waals surface area contributed by atoms with E-state index in [0.29, 0.717) is 5.69 Å². The lowest BCUT2D eigenvalue weighted by Crippen LogP contribution is -2.22. The maximum absolute atomic E-state index is 5.81. The van der Waals surface area contributed by atoms with Crippen molar-refractivity contribution in [3.63, 3.8) is 0 Å². The van der Waals surface area contributed by atoms with Gasteiger partial charge in [0.15, 0.2) is 0 Å². The van der Waals surface area contributed by atoms with Gasteiger partial charge in [-0.05, 0) is 50.6 Å². The average molecular weight is 268 g/mol. The summed E-state index contributed by atoms with van der Waals surface area (Å²) in [4.78, 5) is 2.36. The molecule has 0 aliphatic rings. The number of para-hydroxylation sites is 2. The summed E-state index contributed by atoms with van der Waals surface area (Å²) >= 11 is 1.91. The number of thioether (sulfide) groups is 1. The van der Waals surface area contributed by atoms with E-state index in [1.807, 2.05) is 36.0 Å². The molecule has 0 saturated carbocycles. The predicted molar refractivity (Wildman–Crippen MR) is 81.5 cm³/mol. The van der Waals surface area contributed by atoms with Crippen LogP contribution in [0.15, 0.2) is 24.3 Å². The third kappa shape index (κ3) is 6.17. The Balaban J connectivity index is 2.09. The summed E-state index contributed by atoms with van der Waals surface area (Å²) in [7, 11) is 2.16. The van der Waals surface area contributed by atoms with Crippen molar-refractivity contribution in [2.75, 3.05) is 44.5 Å². The summed E-state index contributed by atoms with van der Waals surface area (Å²) in [5.41, 5.74) is 6.52. The van der Waals surface area contributed by atoms with Gasteiger partial charge in [0.2, 0.25) is 0 Å². The molecule has 0 aliphatic heterocycles. The van der Waals surface area contributed by atoms with Crippen LogP contribution in [0.1, 0.15) is 12.8 Å². The second kappa shape index (κ2) is 9.11. The van der Waals surface area contributed by atoms with Crippen LogP contribution in [0, 0.1) is 0 Å². The first-order valence-corrected chi connectivity index (χ1v) is 7.78. The first-order chi connectivity index (χ1) is 8.74. The fourth-order valence-electron chi connectivity index (χ4n) is 1.72. The molecule has 0 bridgehead atoms. The number of ether oxygens (including phenoxy) is 1. The van der Waals surface area contributed by atoms with Crippen LogP contribution in [0.3, 0.4) is 0 Å². The molecule has 0 fully saturated rings. The van der Waals surface area contributed by atoms with E-state index in [1.54, 1.807) is 0 Å². The van der Waals surface area contributed by atoms with Gasteiger partial charge in [-0.3, -0.25) is 0 Å². The van der Waals surface area contributed by atoms with Crippen LogP contribution in [-0.2, 0) is 0 Å². The van der Waals surface area contributed by atoms with Gasteiger partial charge in [0.1, 0.15) is 5.75 Å². The first-order valence-electron chi connectivity index (χ1n) is 6.39. The molecule has 102 valence electrons. The van der Waals surface area contributed by atoms with Crippen LogP contribution >= 0.6 is 11.8 Å². The van der Waals surface area contributed by atoms with Crippen molar-refractivity contribution in [1.29, 1.82) is 0 Å². The molecule has 3 nitrogen and oxygen atoms in total. The molecule has 1 aromatic carbocycles. The van der Waals surface area contributed by atoms with Gasteiger partial charge in [0.25, 0.3) is 0 Å². The molecule has 1 rings (SSSR count). The van der Waals surface area contributed by atoms with Crippen LogP contribution in [0.5, 0.6) is 5.75 Å². The van der Waals surface area contributed by atoms with Crippen molar-refractivity contribution < 1.29 is 4.74 Å². The van der Waals surface area contributed by atoms with Gasteiger partial charge in [0.05, 0.1) is 12.3 Å². The molecule has 0 aliphatic carbocycles. The number of anilines is 1. The molecule has 0 unspecified atom stereocenters. The Morgan fingerprint density at radius 2 is 1.94 bits per heavy atom. The number of benzene rings is 1. The van der Waals surface area contributed by atoms with Gasteiger partial charge < -0.3 is 15.4 Å². The molecule has 18 heavy (non-hydrogen) atoms. The molecule has 0 atom stereocenters. The fraction of sp³-hybridized carbons (Fsp3) is 0.571. The number of nitrogens with two attached hydrogens (primary N) is 1. The predicted octanol–water partition coefficient (Wildman–Crippen LogP) is 2.72. The van der Waals surface area contributed by atoms with E-state index in [1.165, 1.54) is 12.2 Å². The largest absolute Gasteiger partial charge is 0.491 e. The zero-order valence-corrected chi connectivity index (χ0v) is 12.2. The zero-order valence-electron chi connectivity index (χ0n) is 11.4. The summed E-state index contributed by atoms with van der Waals surface area (Å²) in [5, 5.41) is 0. The summed E-state index contributed by atoms with van der Waals surface area (Å²) in [6, 6.07) is 7.64. The molecular formula is C14H24N2OS. The number of rotatable bonds is 9. The highest BCUT2D eigenvalue weighted by molar-refractivity contribution is 7.98. The van der Waals surface area contributed by atoms with Crippen molar-refractivity contribution in [2.24, 2.45) is 0 Å². The molecule has 0 spiro atoms. The van der Waals surface area contributed by atoms with E-state index in [4.69, 9.17) is 10.5 Å². The van der Waals surface area contributed by atoms with E-state index in [9.17, 15) is 0 Å². The Morgan fingerprint density at radius 1 is 1.22 bits per heavy atom. The molecule has 0 amide bonds. The Hall–Kier alpha value is -0.870. The molecule has 4 heteroatoms. The highest BCUT2D eigenvalue weighted by Crippen LogP contribution is 2.19. The standard InChI is InChI=1S/C14H24N2OS/c1-16(10-6-12-18-2)9-5-11-17-14-8-4-3-7-13(14)15/h3-4,7-8H,5-6,9-12,15H2,1-2H3. The number of nitrogens with zero attached hydrogens (tertiary/aromatic N) is 1. The highest BCUT2D eigenvalue weighted by Gasteiger charge is 2.00. The molecular weight excluding hydrogens is 244 g/mol. The van der Waals surface area contributed by atoms with Crippen LogP contribution in [-0.4, -0.2) is 43.7 Å². The van der Waals surface area contributed by atoms with Gasteiger partial charge in [-0.1, -0.05) is 12.1 Å². The quantitative estimate of drug-likeness (QED) is 0.552. The van der Waals surface area contributed by atoms with E-state index < -0.39 is 0 Å². The van der Waals surface area contributed by atoms with Crippen LogP contribution in [0.4, 0.5) is 5.69 Å². The van der Waals surface area contributed by atoms with Crippen molar-refractivity contribution in [1.82, 2.24) is 4.90 Å². The molecule has 0 heterocycles. The summed E-state index contributed by atoms with van der Waals surface area (Å²) in [5.74, 6) is 2.03. The first kappa shape index (κ1) is 15.2. The molecule has 1 aromatic rings. The van der Waals surface area contributed by atoms with Crippen LogP contribution in [0.25, 0.3) is 0 Å². The third-order valence-corrected chi connectivity index (χ3v) is 3.45. The van der Waals surface area contributed by atoms with Crippen LogP contribution in [0.2, 0.25) is 0 Å². The zero-order chi connectivity index (χ0) is 13.2. The SMILES string of the molecule is CSCCCN(C)CCCOc1ccccc1N. The lowest BCUT2D eigenvalue weighted by Gasteiger charge is -2.16. The average Bonchev–Trinajstić information content (AvgIpc) is 2.37. The van der Waals surface area contributed by atoms with Gasteiger partial charge in [-0.25, -0.2) is 0 Å². The topological polar surface area (TPSA) is 38.5 Å². The van der Waals surface area contributed by atoms with Crippen molar-refractivity contribution in [2.45, 2.75) is 12.8 Å². The minimum absolute atomic E-state index is 0.714. The van der Waals surface area contributed by atoms with Gasteiger partial charge in [-0.15, -0.1) is 0 Å². The Bertz CT molecular complexity index is 333. The van der Waals surface area contributed by atoms with E-state index in [0.717, 1.165) is 31.9 Å². The summed E-state index contributed by atoms with van der Waals surface area (Å²) < 4.78 is 5.66. The minimum Gasteiger partial charge on any atom is -0.491 e. The molecule has 0 saturated heterocycles. The lowest BCUT2D eigenvalue weighted by atomic mass is 10.3. The maximum Gasteiger partial charge on any atom is 0.142 e. The molecule has 2 N–H and O–H groups in total. The van der Waals surface area contributed by atoms with Crippen molar-refractivity contribution in [3.8, 4) is 5.75 Å². The van der Waals surface area contributed by atoms with Gasteiger partial charge in [0, 0.05) is 6.54 Å². The van der Waals surface area contributed by atoms with Crippen molar-refractivity contribution >= 4 is 17.4 Å². The van der Waals surface area contributed by atoms with E-state index in [-0.39, 0.29) is 0 Å². The Kier molecular flexibility index (Phi) is 7.69. The summed E-state index contributed by atoms with van der Waals surface area (Å²) in [6.45, 7) is 2.95. The van der Waals surface area contributed by atoms with Crippen molar-refractivity contribution in [3.05, 3.63) is 24.3 Å². The second-order valence-electron chi connectivity index (χ2n) is 4.39. The van der Waals surface area contributed by atoms with Crippen LogP contribution < -0.4 is 10.5 Å². The smallest absolute Gasteiger partial charge is 0.142 e. The van der Waals surface area contributed by atoms with E-state index in [2.05, 4.69) is 18.2 Å². The normalized spacial score (nSPS) is 10.8. The molecule has 0 radical (unpaired) electrons. The number of hydrogen-bond acceptors (Lipinski definition) is 4. The van der Waals surface area contributed by atoms with Gasteiger partial charge >= 0.3 is 0 Å². The Labute approximate surface area is 115 Å². The second-order valence-corrected chi connectivity index (χ2v) is 5.38. The number of hydrogen-bond donors (Lipinski definition) is 1. The highest BCUT2D eigenvalue weighted by atomic mass is 32.2. The minimum atomic E-state index is 0.714. The monoisotopic (exact) mass is 268 g/mol. The van der Waals surface area contributed by atoms with E-state index >= 15 is 0 Å². The summed E-state index contributed by atoms with van der Waals surface area (Å²) in [6.07, 6.45) is 4.44. The Morgan fingerprint density at radius 3 is 2.67 bits per heavy atom. The molecule has 0 aromatic heterocycles. The number of nitrogen functional groups attached to an aromatic ring is 1. The lowest BCUT2D eigenvalue weighted by molar-refractivity contribution is 0.264.